The summed E-state index contributed by atoms with van der Waals surface area (Å²) in [7, 11) is 1.55. The van der Waals surface area contributed by atoms with Crippen LogP contribution in [0, 0.1) is 0 Å². The summed E-state index contributed by atoms with van der Waals surface area (Å²) in [4.78, 5) is 26.0. The summed E-state index contributed by atoms with van der Waals surface area (Å²) in [5.41, 5.74) is 0.00817. The van der Waals surface area contributed by atoms with Crippen LogP contribution in [0.4, 0.5) is 29.5 Å². The number of ether oxygens (including phenoxy) is 1. The average Bonchev–Trinajstić information content (AvgIpc) is 3.27. The average molecular weight is 458 g/mol. The van der Waals surface area contributed by atoms with Crippen molar-refractivity contribution in [2.45, 2.75) is 18.6 Å². The lowest BCUT2D eigenvalue weighted by atomic mass is 10.2. The molecule has 0 saturated carbocycles. The molecule has 0 bridgehead atoms. The zero-order valence-electron chi connectivity index (χ0n) is 17.6. The molecule has 1 atom stereocenters. The van der Waals surface area contributed by atoms with Gasteiger partial charge in [-0.3, -0.25) is 4.98 Å². The molecule has 172 valence electrons. The van der Waals surface area contributed by atoms with Crippen molar-refractivity contribution >= 4 is 17.5 Å². The number of hydrogen-bond donors (Lipinski definition) is 2. The van der Waals surface area contributed by atoms with Crippen molar-refractivity contribution in [1.29, 1.82) is 0 Å². The summed E-state index contributed by atoms with van der Waals surface area (Å²) >= 11 is 0. The van der Waals surface area contributed by atoms with Gasteiger partial charge in [0.05, 0.1) is 7.11 Å². The quantitative estimate of drug-likeness (QED) is 0.601. The van der Waals surface area contributed by atoms with E-state index in [1.165, 1.54) is 12.4 Å². The van der Waals surface area contributed by atoms with E-state index in [4.69, 9.17) is 4.74 Å². The zero-order valence-corrected chi connectivity index (χ0v) is 17.6. The molecule has 0 aliphatic carbocycles. The third kappa shape index (κ3) is 5.48. The number of nitrogens with zero attached hydrogens (tertiary/aromatic N) is 4. The fourth-order valence-electron chi connectivity index (χ4n) is 3.48. The smallest absolute Gasteiger partial charge is 0.433 e. The minimum atomic E-state index is -4.62. The number of halogens is 3. The lowest BCUT2D eigenvalue weighted by Crippen LogP contribution is -2.39. The van der Waals surface area contributed by atoms with Gasteiger partial charge >= 0.3 is 12.2 Å². The first-order valence-electron chi connectivity index (χ1n) is 10.1. The molecule has 3 aromatic rings. The molecule has 1 aliphatic rings. The predicted molar refractivity (Wildman–Crippen MR) is 116 cm³/mol. The molecule has 1 aromatic carbocycles. The van der Waals surface area contributed by atoms with Crippen molar-refractivity contribution in [1.82, 2.24) is 20.3 Å². The minimum Gasteiger partial charge on any atom is -0.497 e. The van der Waals surface area contributed by atoms with Crippen molar-refractivity contribution in [3.05, 3.63) is 60.6 Å². The first kappa shape index (κ1) is 22.3. The maximum absolute atomic E-state index is 13.5. The zero-order chi connectivity index (χ0) is 23.4. The van der Waals surface area contributed by atoms with Gasteiger partial charge < -0.3 is 20.3 Å². The molecule has 33 heavy (non-hydrogen) atoms. The lowest BCUT2D eigenvalue weighted by Gasteiger charge is -2.20. The van der Waals surface area contributed by atoms with Crippen molar-refractivity contribution in [2.75, 3.05) is 30.4 Å². The van der Waals surface area contributed by atoms with E-state index in [1.54, 1.807) is 48.4 Å². The fourth-order valence-corrected chi connectivity index (χ4v) is 3.48. The molecule has 8 nitrogen and oxygen atoms in total. The van der Waals surface area contributed by atoms with Crippen LogP contribution in [0.1, 0.15) is 12.1 Å². The van der Waals surface area contributed by atoms with Gasteiger partial charge in [0.1, 0.15) is 11.6 Å². The monoisotopic (exact) mass is 458 g/mol. The Balaban J connectivity index is 1.46. The predicted octanol–water partition coefficient (Wildman–Crippen LogP) is 3.97. The number of pyridine rings is 1. The molecule has 0 spiro atoms. The molecule has 2 aromatic heterocycles. The van der Waals surface area contributed by atoms with Crippen molar-refractivity contribution in [2.24, 2.45) is 0 Å². The third-order valence-electron chi connectivity index (χ3n) is 5.14. The van der Waals surface area contributed by atoms with Gasteiger partial charge in [-0.15, -0.1) is 0 Å². The lowest BCUT2D eigenvalue weighted by molar-refractivity contribution is -0.141. The highest BCUT2D eigenvalue weighted by Crippen LogP contribution is 2.32. The molecule has 2 amide bonds. The van der Waals surface area contributed by atoms with Gasteiger partial charge in [0.15, 0.2) is 11.5 Å². The van der Waals surface area contributed by atoms with Crippen LogP contribution in [0.5, 0.6) is 5.75 Å². The number of nitrogens with one attached hydrogen (secondary N) is 2. The maximum Gasteiger partial charge on any atom is 0.433 e. The van der Waals surface area contributed by atoms with Crippen LogP contribution in [0.15, 0.2) is 54.9 Å². The van der Waals surface area contributed by atoms with Crippen LogP contribution < -0.4 is 20.3 Å². The molecule has 1 aliphatic heterocycles. The van der Waals surface area contributed by atoms with Crippen LogP contribution in [0.2, 0.25) is 0 Å². The Labute approximate surface area is 187 Å². The molecule has 1 saturated heterocycles. The fraction of sp³-hybridized carbons (Fsp3) is 0.273. The molecule has 4 rings (SSSR count). The molecule has 1 unspecified atom stereocenters. The number of amides is 2. The standard InChI is InChI=1S/C22H21F3N6O2/c1-33-17-4-2-15(3-5-17)27-21(32)28-16-8-11-31(13-16)19-12-18(22(23,24)25)29-20(30-19)14-6-9-26-10-7-14/h2-7,9-10,12,16H,8,11,13H2,1H3,(H2,27,28,32). The normalized spacial score (nSPS) is 15.9. The summed E-state index contributed by atoms with van der Waals surface area (Å²) in [6, 6.07) is 10.2. The second-order valence-corrected chi connectivity index (χ2v) is 7.43. The maximum atomic E-state index is 13.5. The number of carbonyl (C=O) groups is 1. The molecule has 0 radical (unpaired) electrons. The Bertz CT molecular complexity index is 1110. The highest BCUT2D eigenvalue weighted by Gasteiger charge is 2.35. The second-order valence-electron chi connectivity index (χ2n) is 7.43. The van der Waals surface area contributed by atoms with Crippen LogP contribution in [-0.2, 0) is 6.18 Å². The Hall–Kier alpha value is -3.89. The number of aromatic nitrogens is 3. The van der Waals surface area contributed by atoms with E-state index in [9.17, 15) is 18.0 Å². The van der Waals surface area contributed by atoms with Crippen LogP contribution in [0.3, 0.4) is 0 Å². The van der Waals surface area contributed by atoms with E-state index in [0.717, 1.165) is 6.07 Å². The van der Waals surface area contributed by atoms with Gasteiger partial charge in [0, 0.05) is 48.8 Å². The first-order chi connectivity index (χ1) is 15.8. The summed E-state index contributed by atoms with van der Waals surface area (Å²) in [5.74, 6) is 0.793. The van der Waals surface area contributed by atoms with E-state index < -0.39 is 17.9 Å². The van der Waals surface area contributed by atoms with Gasteiger partial charge in [-0.25, -0.2) is 14.8 Å². The number of hydrogen-bond acceptors (Lipinski definition) is 6. The van der Waals surface area contributed by atoms with Gasteiger partial charge in [-0.2, -0.15) is 13.2 Å². The van der Waals surface area contributed by atoms with Gasteiger partial charge in [0.25, 0.3) is 0 Å². The molecule has 11 heteroatoms. The Morgan fingerprint density at radius 2 is 1.85 bits per heavy atom. The molecular weight excluding hydrogens is 437 g/mol. The van der Waals surface area contributed by atoms with E-state index in [2.05, 4.69) is 25.6 Å². The number of methoxy groups -OCH3 is 1. The third-order valence-corrected chi connectivity index (χ3v) is 5.14. The van der Waals surface area contributed by atoms with Crippen molar-refractivity contribution in [3.8, 4) is 17.1 Å². The van der Waals surface area contributed by atoms with E-state index in [1.807, 2.05) is 0 Å². The highest BCUT2D eigenvalue weighted by molar-refractivity contribution is 5.89. The number of carbonyl (C=O) groups excluding carboxylic acids is 1. The van der Waals surface area contributed by atoms with Crippen molar-refractivity contribution in [3.63, 3.8) is 0 Å². The number of benzene rings is 1. The summed E-state index contributed by atoms with van der Waals surface area (Å²) in [5, 5.41) is 5.58. The Morgan fingerprint density at radius 3 is 2.52 bits per heavy atom. The van der Waals surface area contributed by atoms with Crippen LogP contribution in [0.25, 0.3) is 11.4 Å². The Morgan fingerprint density at radius 1 is 1.12 bits per heavy atom. The summed E-state index contributed by atoms with van der Waals surface area (Å²) in [6.07, 6.45) is -1.12. The molecule has 2 N–H and O–H groups in total. The topological polar surface area (TPSA) is 92.3 Å². The van der Waals surface area contributed by atoms with Crippen LogP contribution in [-0.4, -0.2) is 47.2 Å². The number of alkyl halides is 3. The molecule has 3 heterocycles. The number of rotatable bonds is 5. The first-order valence-corrected chi connectivity index (χ1v) is 10.1. The van der Waals surface area contributed by atoms with Gasteiger partial charge in [0.2, 0.25) is 0 Å². The number of urea groups is 1. The second kappa shape index (κ2) is 9.31. The summed E-state index contributed by atoms with van der Waals surface area (Å²) < 4.78 is 45.5. The summed E-state index contributed by atoms with van der Waals surface area (Å²) in [6.45, 7) is 0.762. The molecule has 1 fully saturated rings. The highest BCUT2D eigenvalue weighted by atomic mass is 19.4. The Kier molecular flexibility index (Phi) is 6.29. The van der Waals surface area contributed by atoms with Gasteiger partial charge in [-0.1, -0.05) is 0 Å². The van der Waals surface area contributed by atoms with E-state index in [-0.39, 0.29) is 17.7 Å². The number of anilines is 2. The van der Waals surface area contributed by atoms with E-state index >= 15 is 0 Å². The largest absolute Gasteiger partial charge is 0.497 e. The van der Waals surface area contributed by atoms with Crippen LogP contribution >= 0.6 is 0 Å². The SMILES string of the molecule is COc1ccc(NC(=O)NC2CCN(c3cc(C(F)(F)F)nc(-c4ccncc4)n3)C2)cc1. The molecular formula is C22H21F3N6O2. The van der Waals surface area contributed by atoms with E-state index in [0.29, 0.717) is 36.5 Å². The van der Waals surface area contributed by atoms with Crippen molar-refractivity contribution < 1.29 is 22.7 Å². The minimum absolute atomic E-state index is 0.0316. The van der Waals surface area contributed by atoms with Gasteiger partial charge in [-0.05, 0) is 42.8 Å².